The Morgan fingerprint density at radius 3 is 2.33 bits per heavy atom. The van der Waals surface area contributed by atoms with Crippen LogP contribution in [0.5, 0.6) is 0 Å². The summed E-state index contributed by atoms with van der Waals surface area (Å²) in [4.78, 5) is 25.3. The highest BCUT2D eigenvalue weighted by molar-refractivity contribution is 7.98. The molecule has 0 saturated carbocycles. The first-order chi connectivity index (χ1) is 12.9. The molecule has 142 valence electrons. The van der Waals surface area contributed by atoms with Crippen molar-refractivity contribution in [3.8, 4) is 0 Å². The Bertz CT molecular complexity index is 816. The average Bonchev–Trinajstić information content (AvgIpc) is 2.67. The molecule has 1 unspecified atom stereocenters. The van der Waals surface area contributed by atoms with Gasteiger partial charge in [-0.15, -0.1) is 11.8 Å². The van der Waals surface area contributed by atoms with Gasteiger partial charge in [0.05, 0.1) is 19.6 Å². The number of ether oxygens (including phenoxy) is 1. The number of benzene rings is 2. The molecule has 6 heteroatoms. The molecule has 2 aromatic rings. The molecule has 2 rings (SSSR count). The molecule has 0 aliphatic carbocycles. The fourth-order valence-electron chi connectivity index (χ4n) is 2.54. The van der Waals surface area contributed by atoms with E-state index in [0.717, 1.165) is 16.0 Å². The molecule has 0 fully saturated rings. The van der Waals surface area contributed by atoms with E-state index >= 15 is 0 Å². The predicted molar refractivity (Wildman–Crippen MR) is 106 cm³/mol. The molecule has 0 spiro atoms. The molecule has 4 nitrogen and oxygen atoms in total. The molecule has 1 atom stereocenters. The molecule has 1 amide bonds. The number of methoxy groups -OCH3 is 1. The maximum atomic E-state index is 13.0. The third-order valence-electron chi connectivity index (χ3n) is 4.08. The van der Waals surface area contributed by atoms with Crippen molar-refractivity contribution in [1.29, 1.82) is 0 Å². The Hall–Kier alpha value is -2.60. The minimum atomic E-state index is -0.502. The van der Waals surface area contributed by atoms with Crippen molar-refractivity contribution < 1.29 is 18.7 Å². The molecule has 0 heterocycles. The zero-order chi connectivity index (χ0) is 19.8. The van der Waals surface area contributed by atoms with Crippen LogP contribution in [0.4, 0.5) is 4.39 Å². The van der Waals surface area contributed by atoms with Crippen LogP contribution in [0, 0.1) is 5.82 Å². The number of nitrogens with one attached hydrogen (secondary N) is 1. The zero-order valence-corrected chi connectivity index (χ0v) is 16.3. The van der Waals surface area contributed by atoms with Crippen LogP contribution in [-0.2, 0) is 14.3 Å². The minimum absolute atomic E-state index is 0.0320. The lowest BCUT2D eigenvalue weighted by Crippen LogP contribution is -2.29. The number of amides is 1. The van der Waals surface area contributed by atoms with Crippen LogP contribution in [0.2, 0.25) is 0 Å². The topological polar surface area (TPSA) is 55.4 Å². The summed E-state index contributed by atoms with van der Waals surface area (Å²) in [6.07, 6.45) is 3.45. The molecule has 0 radical (unpaired) electrons. The van der Waals surface area contributed by atoms with Gasteiger partial charge in [-0.05, 0) is 54.1 Å². The quantitative estimate of drug-likeness (QED) is 0.435. The van der Waals surface area contributed by atoms with Gasteiger partial charge in [0.15, 0.2) is 0 Å². The van der Waals surface area contributed by atoms with Gasteiger partial charge in [-0.1, -0.05) is 24.3 Å². The number of carbonyl (C=O) groups is 2. The van der Waals surface area contributed by atoms with Gasteiger partial charge in [0.25, 0.3) is 0 Å². The van der Waals surface area contributed by atoms with E-state index in [1.807, 2.05) is 30.5 Å². The van der Waals surface area contributed by atoms with Crippen LogP contribution in [-0.4, -0.2) is 25.2 Å². The second-order valence-corrected chi connectivity index (χ2v) is 6.83. The van der Waals surface area contributed by atoms with Crippen molar-refractivity contribution in [3.05, 3.63) is 71.6 Å². The van der Waals surface area contributed by atoms with Gasteiger partial charge in [0.1, 0.15) is 5.82 Å². The fourth-order valence-corrected chi connectivity index (χ4v) is 2.95. The largest absolute Gasteiger partial charge is 0.469 e. The van der Waals surface area contributed by atoms with Crippen molar-refractivity contribution in [2.24, 2.45) is 0 Å². The zero-order valence-electron chi connectivity index (χ0n) is 15.5. The van der Waals surface area contributed by atoms with E-state index < -0.39 is 12.0 Å². The third kappa shape index (κ3) is 6.25. The molecule has 2 aromatic carbocycles. The van der Waals surface area contributed by atoms with E-state index in [-0.39, 0.29) is 18.1 Å². The summed E-state index contributed by atoms with van der Waals surface area (Å²) in [6, 6.07) is 13.1. The minimum Gasteiger partial charge on any atom is -0.469 e. The van der Waals surface area contributed by atoms with Crippen molar-refractivity contribution in [2.45, 2.75) is 24.3 Å². The maximum absolute atomic E-state index is 13.0. The van der Waals surface area contributed by atoms with Crippen LogP contribution < -0.4 is 5.32 Å². The van der Waals surface area contributed by atoms with Crippen LogP contribution in [0.25, 0.3) is 5.57 Å². The molecule has 0 bridgehead atoms. The molecule has 0 aliphatic heterocycles. The smallest absolute Gasteiger partial charge is 0.307 e. The van der Waals surface area contributed by atoms with E-state index in [0.29, 0.717) is 5.57 Å². The highest BCUT2D eigenvalue weighted by Gasteiger charge is 2.18. The Balaban J connectivity index is 2.17. The molecule has 0 aromatic heterocycles. The maximum Gasteiger partial charge on any atom is 0.307 e. The van der Waals surface area contributed by atoms with Crippen LogP contribution in [0.1, 0.15) is 30.5 Å². The molecule has 0 saturated heterocycles. The van der Waals surface area contributed by atoms with E-state index in [1.54, 1.807) is 30.8 Å². The summed E-state index contributed by atoms with van der Waals surface area (Å²) in [6.45, 7) is 1.77. The van der Waals surface area contributed by atoms with Crippen LogP contribution in [0.3, 0.4) is 0 Å². The predicted octanol–water partition coefficient (Wildman–Crippen LogP) is 4.37. The van der Waals surface area contributed by atoms with Gasteiger partial charge >= 0.3 is 5.97 Å². The molecule has 1 N–H and O–H groups in total. The summed E-state index contributed by atoms with van der Waals surface area (Å²) in [5, 5.41) is 2.85. The van der Waals surface area contributed by atoms with Gasteiger partial charge in [-0.25, -0.2) is 4.39 Å². The number of esters is 1. The lowest BCUT2D eigenvalue weighted by atomic mass is 10.0. The summed E-state index contributed by atoms with van der Waals surface area (Å²) in [5.74, 6) is -1.07. The molecular formula is C21H22FNO3S. The van der Waals surface area contributed by atoms with Crippen LogP contribution >= 0.6 is 11.8 Å². The van der Waals surface area contributed by atoms with Gasteiger partial charge in [0, 0.05) is 11.0 Å². The lowest BCUT2D eigenvalue weighted by molar-refractivity contribution is -0.141. The van der Waals surface area contributed by atoms with Crippen molar-refractivity contribution in [2.75, 3.05) is 13.4 Å². The Morgan fingerprint density at radius 1 is 1.15 bits per heavy atom. The molecule has 27 heavy (non-hydrogen) atoms. The third-order valence-corrected chi connectivity index (χ3v) is 4.82. The number of halogens is 1. The normalized spacial score (nSPS) is 12.4. The number of allylic oxidation sites excluding steroid dienone is 1. The SMILES string of the molecule is COC(=O)CC(NC(=O)C=C(C)c1ccc(F)cc1)c1ccc(SC)cc1. The van der Waals surface area contributed by atoms with E-state index in [4.69, 9.17) is 4.74 Å². The number of carbonyl (C=O) groups excluding carboxylic acids is 2. The summed E-state index contributed by atoms with van der Waals surface area (Å²) >= 11 is 1.61. The van der Waals surface area contributed by atoms with E-state index in [9.17, 15) is 14.0 Å². The van der Waals surface area contributed by atoms with Crippen molar-refractivity contribution >= 4 is 29.2 Å². The average molecular weight is 387 g/mol. The Morgan fingerprint density at radius 2 is 1.78 bits per heavy atom. The van der Waals surface area contributed by atoms with Crippen LogP contribution in [0.15, 0.2) is 59.5 Å². The first-order valence-electron chi connectivity index (χ1n) is 8.38. The van der Waals surface area contributed by atoms with Gasteiger partial charge < -0.3 is 10.1 Å². The number of thioether (sulfide) groups is 1. The second kappa shape index (κ2) is 9.92. The summed E-state index contributed by atoms with van der Waals surface area (Å²) < 4.78 is 17.8. The first kappa shape index (κ1) is 20.7. The van der Waals surface area contributed by atoms with Crippen molar-refractivity contribution in [3.63, 3.8) is 0 Å². The van der Waals surface area contributed by atoms with Gasteiger partial charge in [-0.2, -0.15) is 0 Å². The number of hydrogen-bond acceptors (Lipinski definition) is 4. The standard InChI is InChI=1S/C21H22FNO3S/c1-14(15-4-8-17(22)9-5-15)12-20(24)23-19(13-21(25)26-2)16-6-10-18(27-3)11-7-16/h4-12,19H,13H2,1-3H3,(H,23,24). The molecular weight excluding hydrogens is 365 g/mol. The van der Waals surface area contributed by atoms with E-state index in [2.05, 4.69) is 5.32 Å². The van der Waals surface area contributed by atoms with Crippen molar-refractivity contribution in [1.82, 2.24) is 5.32 Å². The summed E-state index contributed by atoms with van der Waals surface area (Å²) in [5.41, 5.74) is 2.27. The number of rotatable bonds is 7. The first-order valence-corrected chi connectivity index (χ1v) is 9.61. The Kier molecular flexibility index (Phi) is 7.61. The Labute approximate surface area is 162 Å². The highest BCUT2D eigenvalue weighted by Crippen LogP contribution is 2.22. The number of hydrogen-bond donors (Lipinski definition) is 1. The highest BCUT2D eigenvalue weighted by atomic mass is 32.2. The fraction of sp³-hybridized carbons (Fsp3) is 0.238. The van der Waals surface area contributed by atoms with E-state index in [1.165, 1.54) is 25.3 Å². The van der Waals surface area contributed by atoms with Gasteiger partial charge in [-0.3, -0.25) is 9.59 Å². The lowest BCUT2D eigenvalue weighted by Gasteiger charge is -2.18. The monoisotopic (exact) mass is 387 g/mol. The molecule has 0 aliphatic rings. The van der Waals surface area contributed by atoms with Gasteiger partial charge in [0.2, 0.25) is 5.91 Å². The second-order valence-electron chi connectivity index (χ2n) is 5.95. The summed E-state index contributed by atoms with van der Waals surface area (Å²) in [7, 11) is 1.32.